The first-order valence-electron chi connectivity index (χ1n) is 8.74. The summed E-state index contributed by atoms with van der Waals surface area (Å²) in [4.78, 5) is 22.3. The molecule has 1 saturated heterocycles. The van der Waals surface area contributed by atoms with Gasteiger partial charge in [0, 0.05) is 18.9 Å². The molecule has 6 heteroatoms. The van der Waals surface area contributed by atoms with Crippen LogP contribution in [0, 0.1) is 11.2 Å². The third-order valence-electron chi connectivity index (χ3n) is 4.78. The number of carbonyl (C=O) groups excluding carboxylic acids is 1. The van der Waals surface area contributed by atoms with E-state index < -0.39 is 5.41 Å². The van der Waals surface area contributed by atoms with E-state index in [0.29, 0.717) is 38.1 Å². The second-order valence-corrected chi connectivity index (χ2v) is 6.62. The molecule has 1 aromatic heterocycles. The van der Waals surface area contributed by atoms with Gasteiger partial charge in [0.25, 0.3) is 0 Å². The zero-order chi connectivity index (χ0) is 17.7. The minimum Gasteiger partial charge on any atom is -0.466 e. The van der Waals surface area contributed by atoms with Crippen LogP contribution in [0.25, 0.3) is 0 Å². The lowest BCUT2D eigenvalue weighted by Crippen LogP contribution is -2.49. The number of hydrogen-bond acceptors (Lipinski definition) is 4. The average Bonchev–Trinajstić information content (AvgIpc) is 3.10. The van der Waals surface area contributed by atoms with Crippen LogP contribution in [0.2, 0.25) is 0 Å². The molecular formula is C19H24FN3O2. The highest BCUT2D eigenvalue weighted by Gasteiger charge is 2.44. The smallest absolute Gasteiger partial charge is 0.313 e. The zero-order valence-electron chi connectivity index (χ0n) is 14.5. The number of hydrogen-bond donors (Lipinski definition) is 1. The fourth-order valence-electron chi connectivity index (χ4n) is 3.63. The van der Waals surface area contributed by atoms with Gasteiger partial charge in [-0.15, -0.1) is 0 Å². The minimum atomic E-state index is -0.719. The van der Waals surface area contributed by atoms with Crippen molar-refractivity contribution >= 4 is 5.97 Å². The first-order valence-corrected chi connectivity index (χ1v) is 8.74. The highest BCUT2D eigenvalue weighted by atomic mass is 19.1. The second kappa shape index (κ2) is 7.78. The van der Waals surface area contributed by atoms with E-state index in [0.717, 1.165) is 18.8 Å². The normalized spacial score (nSPS) is 21.2. The van der Waals surface area contributed by atoms with E-state index in [-0.39, 0.29) is 11.8 Å². The van der Waals surface area contributed by atoms with Gasteiger partial charge in [-0.05, 0) is 44.4 Å². The first-order chi connectivity index (χ1) is 12.1. The van der Waals surface area contributed by atoms with Gasteiger partial charge in [0.15, 0.2) is 0 Å². The maximum Gasteiger partial charge on any atom is 0.313 e. The molecule has 0 radical (unpaired) electrons. The number of rotatable bonds is 6. The third kappa shape index (κ3) is 4.07. The number of ether oxygens (including phenoxy) is 1. The molecule has 134 valence electrons. The molecule has 2 aromatic rings. The van der Waals surface area contributed by atoms with Crippen molar-refractivity contribution in [2.24, 2.45) is 5.41 Å². The van der Waals surface area contributed by atoms with Gasteiger partial charge in [0.2, 0.25) is 0 Å². The Morgan fingerprint density at radius 2 is 2.28 bits per heavy atom. The van der Waals surface area contributed by atoms with Gasteiger partial charge >= 0.3 is 5.97 Å². The molecule has 5 nitrogen and oxygen atoms in total. The van der Waals surface area contributed by atoms with Crippen LogP contribution in [0.5, 0.6) is 0 Å². The van der Waals surface area contributed by atoms with Crippen LogP contribution < -0.4 is 0 Å². The topological polar surface area (TPSA) is 58.2 Å². The summed E-state index contributed by atoms with van der Waals surface area (Å²) in [6.07, 6.45) is 5.43. The van der Waals surface area contributed by atoms with Crippen molar-refractivity contribution in [1.29, 1.82) is 0 Å². The summed E-state index contributed by atoms with van der Waals surface area (Å²) in [5, 5.41) is 0. The molecule has 1 atom stereocenters. The highest BCUT2D eigenvalue weighted by Crippen LogP contribution is 2.36. The fourth-order valence-corrected chi connectivity index (χ4v) is 3.63. The van der Waals surface area contributed by atoms with E-state index >= 15 is 0 Å². The van der Waals surface area contributed by atoms with Gasteiger partial charge in [-0.25, -0.2) is 9.37 Å². The monoisotopic (exact) mass is 345 g/mol. The Balaban J connectivity index is 1.83. The number of aromatic nitrogens is 2. The summed E-state index contributed by atoms with van der Waals surface area (Å²) < 4.78 is 19.6. The number of halogens is 1. The van der Waals surface area contributed by atoms with Crippen LogP contribution in [0.3, 0.4) is 0 Å². The molecule has 1 aliphatic heterocycles. The van der Waals surface area contributed by atoms with Crippen LogP contribution >= 0.6 is 0 Å². The molecule has 25 heavy (non-hydrogen) atoms. The Bertz CT molecular complexity index is 704. The predicted molar refractivity (Wildman–Crippen MR) is 92.3 cm³/mol. The molecule has 1 unspecified atom stereocenters. The van der Waals surface area contributed by atoms with Crippen LogP contribution in [0.1, 0.15) is 31.2 Å². The van der Waals surface area contributed by atoms with E-state index in [9.17, 15) is 9.18 Å². The lowest BCUT2D eigenvalue weighted by atomic mass is 9.75. The Labute approximate surface area is 147 Å². The van der Waals surface area contributed by atoms with Gasteiger partial charge in [-0.3, -0.25) is 9.69 Å². The van der Waals surface area contributed by atoms with Crippen LogP contribution in [-0.2, 0) is 22.5 Å². The molecule has 0 amide bonds. The van der Waals surface area contributed by atoms with Gasteiger partial charge < -0.3 is 9.72 Å². The number of imidazole rings is 1. The maximum absolute atomic E-state index is 14.2. The second-order valence-electron chi connectivity index (χ2n) is 6.62. The fraction of sp³-hybridized carbons (Fsp3) is 0.474. The minimum absolute atomic E-state index is 0.234. The summed E-state index contributed by atoms with van der Waals surface area (Å²) in [5.41, 5.74) is -0.154. The highest BCUT2D eigenvalue weighted by molar-refractivity contribution is 5.77. The van der Waals surface area contributed by atoms with Crippen molar-refractivity contribution in [3.8, 4) is 0 Å². The van der Waals surface area contributed by atoms with Crippen molar-refractivity contribution in [2.45, 2.75) is 32.7 Å². The van der Waals surface area contributed by atoms with Crippen molar-refractivity contribution in [3.63, 3.8) is 0 Å². The van der Waals surface area contributed by atoms with Crippen molar-refractivity contribution in [1.82, 2.24) is 14.9 Å². The number of likely N-dealkylation sites (tertiary alicyclic amines) is 1. The number of carbonyl (C=O) groups is 1. The van der Waals surface area contributed by atoms with E-state index in [1.165, 1.54) is 6.07 Å². The van der Waals surface area contributed by atoms with E-state index in [2.05, 4.69) is 14.9 Å². The first kappa shape index (κ1) is 17.6. The SMILES string of the molecule is CCOC(=O)C1(Cc2ccccc2F)CCCN(Cc2ncc[nH]2)C1. The predicted octanol–water partition coefficient (Wildman–Crippen LogP) is 2.94. The Morgan fingerprint density at radius 3 is 3.00 bits per heavy atom. The summed E-state index contributed by atoms with van der Waals surface area (Å²) in [7, 11) is 0. The van der Waals surface area contributed by atoms with Gasteiger partial charge in [0.1, 0.15) is 11.6 Å². The van der Waals surface area contributed by atoms with Gasteiger partial charge in [0.05, 0.1) is 18.6 Å². The molecule has 1 aliphatic rings. The zero-order valence-corrected chi connectivity index (χ0v) is 14.5. The molecule has 1 fully saturated rings. The molecule has 0 bridgehead atoms. The lowest BCUT2D eigenvalue weighted by molar-refractivity contribution is -0.159. The average molecular weight is 345 g/mol. The molecule has 0 spiro atoms. The third-order valence-corrected chi connectivity index (χ3v) is 4.78. The van der Waals surface area contributed by atoms with Crippen LogP contribution in [-0.4, -0.2) is 40.5 Å². The van der Waals surface area contributed by atoms with Gasteiger partial charge in [-0.2, -0.15) is 0 Å². The Morgan fingerprint density at radius 1 is 1.44 bits per heavy atom. The number of aromatic amines is 1. The van der Waals surface area contributed by atoms with E-state index in [4.69, 9.17) is 4.74 Å². The molecule has 2 heterocycles. The summed E-state index contributed by atoms with van der Waals surface area (Å²) in [5.74, 6) is 0.363. The maximum atomic E-state index is 14.2. The summed E-state index contributed by atoms with van der Waals surface area (Å²) in [6, 6.07) is 6.67. The molecule has 0 aliphatic carbocycles. The largest absolute Gasteiger partial charge is 0.466 e. The molecule has 3 rings (SSSR count). The quantitative estimate of drug-likeness (QED) is 0.818. The van der Waals surface area contributed by atoms with Crippen LogP contribution in [0.4, 0.5) is 4.39 Å². The number of nitrogens with zero attached hydrogens (tertiary/aromatic N) is 2. The van der Waals surface area contributed by atoms with Crippen molar-refractivity contribution in [3.05, 3.63) is 53.9 Å². The van der Waals surface area contributed by atoms with E-state index in [1.54, 1.807) is 37.5 Å². The Hall–Kier alpha value is -2.21. The molecule has 1 N–H and O–H groups in total. The van der Waals surface area contributed by atoms with Crippen molar-refractivity contribution in [2.75, 3.05) is 19.7 Å². The van der Waals surface area contributed by atoms with Crippen molar-refractivity contribution < 1.29 is 13.9 Å². The number of nitrogens with one attached hydrogen (secondary N) is 1. The lowest BCUT2D eigenvalue weighted by Gasteiger charge is -2.40. The standard InChI is InChI=1S/C19H24FN3O2/c1-2-25-18(24)19(12-15-6-3-4-7-16(15)20)8-5-11-23(14-19)13-17-21-9-10-22-17/h3-4,6-7,9-10H,2,5,8,11-14H2,1H3,(H,21,22). The van der Waals surface area contributed by atoms with E-state index in [1.807, 2.05) is 0 Å². The number of esters is 1. The molecule has 1 aromatic carbocycles. The number of piperidine rings is 1. The summed E-state index contributed by atoms with van der Waals surface area (Å²) in [6.45, 7) is 4.21. The van der Waals surface area contributed by atoms with Crippen LogP contribution in [0.15, 0.2) is 36.7 Å². The number of H-pyrrole nitrogens is 1. The molecule has 0 saturated carbocycles. The Kier molecular flexibility index (Phi) is 5.48. The summed E-state index contributed by atoms with van der Waals surface area (Å²) >= 11 is 0. The molecular weight excluding hydrogens is 321 g/mol. The van der Waals surface area contributed by atoms with Gasteiger partial charge in [-0.1, -0.05) is 18.2 Å². The number of benzene rings is 1.